The van der Waals surface area contributed by atoms with Crippen molar-refractivity contribution >= 4 is 33.2 Å². The molecule has 0 aliphatic carbocycles. The molecule has 0 unspecified atom stereocenters. The first-order valence-corrected chi connectivity index (χ1v) is 9.47. The molecule has 0 bridgehead atoms. The van der Waals surface area contributed by atoms with Gasteiger partial charge in [0.25, 0.3) is 0 Å². The highest BCUT2D eigenvalue weighted by Crippen LogP contribution is 2.27. The number of rotatable bonds is 4. The number of hydrogen-bond donors (Lipinski definition) is 1. The molecule has 2 aromatic rings. The number of quaternary nitrogens is 1. The molecule has 1 aliphatic heterocycles. The van der Waals surface area contributed by atoms with Gasteiger partial charge in [-0.05, 0) is 30.3 Å². The molecule has 1 aliphatic rings. The lowest BCUT2D eigenvalue weighted by atomic mass is 10.3. The number of benzene rings is 1. The van der Waals surface area contributed by atoms with E-state index in [1.165, 1.54) is 21.3 Å². The van der Waals surface area contributed by atoms with Crippen molar-refractivity contribution in [3.05, 3.63) is 52.4 Å². The van der Waals surface area contributed by atoms with E-state index in [0.29, 0.717) is 18.1 Å². The Morgan fingerprint density at radius 3 is 2.57 bits per heavy atom. The minimum atomic E-state index is -3.62. The van der Waals surface area contributed by atoms with Gasteiger partial charge < -0.3 is 9.32 Å². The van der Waals surface area contributed by atoms with Crippen molar-refractivity contribution in [3.8, 4) is 0 Å². The third-order valence-electron chi connectivity index (χ3n) is 3.94. The minimum Gasteiger partial charge on any atom is -0.463 e. The highest BCUT2D eigenvalue weighted by Gasteiger charge is 2.32. The second-order valence-electron chi connectivity index (χ2n) is 5.48. The Morgan fingerprint density at radius 2 is 1.91 bits per heavy atom. The predicted octanol–water partition coefficient (Wildman–Crippen LogP) is 1.68. The van der Waals surface area contributed by atoms with Crippen LogP contribution in [-0.4, -0.2) is 38.9 Å². The van der Waals surface area contributed by atoms with Crippen molar-refractivity contribution in [2.45, 2.75) is 11.4 Å². The average Bonchev–Trinajstić information content (AvgIpc) is 3.03. The monoisotopic (exact) mass is 375 g/mol. The van der Waals surface area contributed by atoms with Gasteiger partial charge in [-0.25, -0.2) is 8.42 Å². The summed E-state index contributed by atoms with van der Waals surface area (Å²) in [5.41, 5.74) is 0. The topological polar surface area (TPSA) is 55.0 Å². The molecule has 0 amide bonds. The molecule has 0 saturated carbocycles. The van der Waals surface area contributed by atoms with E-state index in [2.05, 4.69) is 0 Å². The third-order valence-corrected chi connectivity index (χ3v) is 6.56. The fourth-order valence-corrected chi connectivity index (χ4v) is 4.87. The van der Waals surface area contributed by atoms with E-state index in [-0.39, 0.29) is 9.92 Å². The number of furan rings is 1. The molecule has 0 radical (unpaired) electrons. The van der Waals surface area contributed by atoms with Crippen LogP contribution >= 0.6 is 23.2 Å². The van der Waals surface area contributed by atoms with E-state index in [4.69, 9.17) is 27.6 Å². The van der Waals surface area contributed by atoms with Crippen LogP contribution in [0, 0.1) is 0 Å². The maximum atomic E-state index is 12.7. The second-order valence-corrected chi connectivity index (χ2v) is 8.23. The fourth-order valence-electron chi connectivity index (χ4n) is 2.69. The molecule has 5 nitrogen and oxygen atoms in total. The number of nitrogens with one attached hydrogen (secondary N) is 1. The molecule has 1 aromatic heterocycles. The van der Waals surface area contributed by atoms with E-state index >= 15 is 0 Å². The SMILES string of the molecule is O=S(=O)(c1cc(Cl)ccc1Cl)N1CC[NH+](Cc2ccco2)CC1. The Hall–Kier alpha value is -1.05. The van der Waals surface area contributed by atoms with Crippen molar-refractivity contribution < 1.29 is 17.7 Å². The van der Waals surface area contributed by atoms with Crippen LogP contribution in [0.2, 0.25) is 10.0 Å². The normalized spacial score (nSPS) is 17.5. The van der Waals surface area contributed by atoms with Crippen molar-refractivity contribution in [2.24, 2.45) is 0 Å². The molecule has 1 aromatic carbocycles. The smallest absolute Gasteiger partial charge is 0.245 e. The summed E-state index contributed by atoms with van der Waals surface area (Å²) in [4.78, 5) is 1.37. The van der Waals surface area contributed by atoms with Crippen LogP contribution < -0.4 is 4.90 Å². The zero-order chi connectivity index (χ0) is 16.4. The highest BCUT2D eigenvalue weighted by atomic mass is 35.5. The van der Waals surface area contributed by atoms with Gasteiger partial charge in [0.1, 0.15) is 11.4 Å². The maximum absolute atomic E-state index is 12.7. The quantitative estimate of drug-likeness (QED) is 0.884. The predicted molar refractivity (Wildman–Crippen MR) is 88.3 cm³/mol. The zero-order valence-electron chi connectivity index (χ0n) is 12.3. The molecule has 1 fully saturated rings. The Labute approximate surface area is 145 Å². The Balaban J connectivity index is 1.70. The van der Waals surface area contributed by atoms with Crippen LogP contribution in [-0.2, 0) is 16.6 Å². The Bertz CT molecular complexity index is 770. The van der Waals surface area contributed by atoms with Gasteiger partial charge >= 0.3 is 0 Å². The van der Waals surface area contributed by atoms with Crippen molar-refractivity contribution in [2.75, 3.05) is 26.2 Å². The zero-order valence-corrected chi connectivity index (χ0v) is 14.7. The van der Waals surface area contributed by atoms with Crippen LogP contribution in [0.4, 0.5) is 0 Å². The summed E-state index contributed by atoms with van der Waals surface area (Å²) in [5.74, 6) is 0.911. The van der Waals surface area contributed by atoms with Crippen molar-refractivity contribution in [1.82, 2.24) is 4.31 Å². The Morgan fingerprint density at radius 1 is 1.17 bits per heavy atom. The minimum absolute atomic E-state index is 0.0705. The number of halogens is 2. The van der Waals surface area contributed by atoms with Gasteiger partial charge in [-0.2, -0.15) is 4.31 Å². The molecular weight excluding hydrogens is 359 g/mol. The van der Waals surface area contributed by atoms with Gasteiger partial charge in [0.15, 0.2) is 5.76 Å². The molecule has 1 N–H and O–H groups in total. The summed E-state index contributed by atoms with van der Waals surface area (Å²) >= 11 is 11.9. The summed E-state index contributed by atoms with van der Waals surface area (Å²) in [7, 11) is -3.62. The lowest BCUT2D eigenvalue weighted by Crippen LogP contribution is -3.13. The molecule has 0 atom stereocenters. The van der Waals surface area contributed by atoms with E-state index < -0.39 is 10.0 Å². The molecule has 23 heavy (non-hydrogen) atoms. The van der Waals surface area contributed by atoms with Crippen molar-refractivity contribution in [1.29, 1.82) is 0 Å². The largest absolute Gasteiger partial charge is 0.463 e. The molecule has 1 saturated heterocycles. The molecular formula is C15H17Cl2N2O3S+. The van der Waals surface area contributed by atoms with Crippen LogP contribution in [0.25, 0.3) is 0 Å². The first-order chi connectivity index (χ1) is 11.0. The number of nitrogens with zero attached hydrogens (tertiary/aromatic N) is 1. The van der Waals surface area contributed by atoms with Gasteiger partial charge in [-0.1, -0.05) is 23.2 Å². The summed E-state index contributed by atoms with van der Waals surface area (Å²) < 4.78 is 32.3. The van der Waals surface area contributed by atoms with Crippen LogP contribution in [0.3, 0.4) is 0 Å². The van der Waals surface area contributed by atoms with E-state index in [9.17, 15) is 8.42 Å². The van der Waals surface area contributed by atoms with Crippen molar-refractivity contribution in [3.63, 3.8) is 0 Å². The molecule has 2 heterocycles. The fraction of sp³-hybridized carbons (Fsp3) is 0.333. The highest BCUT2D eigenvalue weighted by molar-refractivity contribution is 7.89. The molecule has 124 valence electrons. The summed E-state index contributed by atoms with van der Waals surface area (Å²) in [5, 5.41) is 0.551. The number of piperazine rings is 1. The van der Waals surface area contributed by atoms with Crippen LogP contribution in [0.1, 0.15) is 5.76 Å². The molecule has 8 heteroatoms. The summed E-state index contributed by atoms with van der Waals surface area (Å²) in [6.45, 7) is 3.09. The van der Waals surface area contributed by atoms with Gasteiger partial charge in [0.05, 0.1) is 37.5 Å². The summed E-state index contributed by atoms with van der Waals surface area (Å²) in [6, 6.07) is 8.28. The lowest BCUT2D eigenvalue weighted by Gasteiger charge is -2.31. The first kappa shape index (κ1) is 16.8. The van der Waals surface area contributed by atoms with Gasteiger partial charge in [-0.3, -0.25) is 0 Å². The third kappa shape index (κ3) is 3.72. The average molecular weight is 376 g/mol. The number of hydrogen-bond acceptors (Lipinski definition) is 3. The van der Waals surface area contributed by atoms with Crippen LogP contribution in [0.15, 0.2) is 45.9 Å². The second kappa shape index (κ2) is 6.83. The maximum Gasteiger partial charge on any atom is 0.245 e. The summed E-state index contributed by atoms with van der Waals surface area (Å²) in [6.07, 6.45) is 1.65. The standard InChI is InChI=1S/C15H16Cl2N2O3S/c16-12-3-4-14(17)15(10-12)23(20,21)19-7-5-18(6-8-19)11-13-2-1-9-22-13/h1-4,9-10H,5-8,11H2/p+1. The van der Waals surface area contributed by atoms with E-state index in [0.717, 1.165) is 25.4 Å². The van der Waals surface area contributed by atoms with Gasteiger partial charge in [-0.15, -0.1) is 0 Å². The van der Waals surface area contributed by atoms with Gasteiger partial charge in [0.2, 0.25) is 10.0 Å². The molecule has 3 rings (SSSR count). The number of sulfonamides is 1. The Kier molecular flexibility index (Phi) is 4.98. The van der Waals surface area contributed by atoms with Crippen LogP contribution in [0.5, 0.6) is 0 Å². The van der Waals surface area contributed by atoms with E-state index in [1.54, 1.807) is 12.3 Å². The lowest BCUT2D eigenvalue weighted by molar-refractivity contribution is -0.918. The van der Waals surface area contributed by atoms with Gasteiger partial charge in [0, 0.05) is 5.02 Å². The first-order valence-electron chi connectivity index (χ1n) is 7.28. The van der Waals surface area contributed by atoms with E-state index in [1.807, 2.05) is 12.1 Å². The molecule has 0 spiro atoms.